The Bertz CT molecular complexity index is 409. The Hall–Kier alpha value is -0.576. The zero-order valence-corrected chi connectivity index (χ0v) is 17.5. The lowest BCUT2D eigenvalue weighted by Crippen LogP contribution is -2.43. The van der Waals surface area contributed by atoms with Crippen LogP contribution in [0.15, 0.2) is 12.3 Å². The SMILES string of the molecule is CC(C)(C)[Si](C)(C)OC=CC(C#N)O[Si](C)(C)C(C)(C)C. The first-order chi connectivity index (χ1) is 9.14. The second-order valence-electron chi connectivity index (χ2n) is 8.63. The van der Waals surface area contributed by atoms with Crippen LogP contribution in [0.1, 0.15) is 41.5 Å². The Morgan fingerprint density at radius 1 is 0.905 bits per heavy atom. The van der Waals surface area contributed by atoms with Gasteiger partial charge in [-0.25, -0.2) is 0 Å². The van der Waals surface area contributed by atoms with Crippen LogP contribution in [0.5, 0.6) is 0 Å². The monoisotopic (exact) mass is 327 g/mol. The molecule has 21 heavy (non-hydrogen) atoms. The summed E-state index contributed by atoms with van der Waals surface area (Å²) in [6.45, 7) is 21.8. The number of hydrogen-bond acceptors (Lipinski definition) is 3. The van der Waals surface area contributed by atoms with E-state index in [1.807, 2.05) is 0 Å². The van der Waals surface area contributed by atoms with Gasteiger partial charge in [-0.1, -0.05) is 41.5 Å². The van der Waals surface area contributed by atoms with Gasteiger partial charge in [-0.2, -0.15) is 5.26 Å². The molecule has 0 aliphatic rings. The van der Waals surface area contributed by atoms with Gasteiger partial charge in [-0.3, -0.25) is 0 Å². The third-order valence-electron chi connectivity index (χ3n) is 4.78. The average molecular weight is 328 g/mol. The third-order valence-corrected chi connectivity index (χ3v) is 13.6. The van der Waals surface area contributed by atoms with E-state index in [4.69, 9.17) is 8.85 Å². The number of nitriles is 1. The Morgan fingerprint density at radius 2 is 1.33 bits per heavy atom. The van der Waals surface area contributed by atoms with Crippen LogP contribution in [0, 0.1) is 11.3 Å². The highest BCUT2D eigenvalue weighted by Gasteiger charge is 2.39. The van der Waals surface area contributed by atoms with E-state index in [0.717, 1.165) is 0 Å². The van der Waals surface area contributed by atoms with E-state index in [9.17, 15) is 5.26 Å². The van der Waals surface area contributed by atoms with Gasteiger partial charge in [0.15, 0.2) is 14.4 Å². The molecular weight excluding hydrogens is 294 g/mol. The molecule has 0 saturated heterocycles. The first-order valence-electron chi connectivity index (χ1n) is 7.56. The molecule has 3 nitrogen and oxygen atoms in total. The normalized spacial score (nSPS) is 15.9. The van der Waals surface area contributed by atoms with E-state index in [1.54, 1.807) is 12.3 Å². The fourth-order valence-corrected chi connectivity index (χ4v) is 2.95. The molecule has 1 atom stereocenters. The molecule has 0 aromatic rings. The zero-order valence-electron chi connectivity index (χ0n) is 15.5. The summed E-state index contributed by atoms with van der Waals surface area (Å²) in [4.78, 5) is 0. The maximum atomic E-state index is 9.30. The number of hydrogen-bond donors (Lipinski definition) is 0. The van der Waals surface area contributed by atoms with Crippen molar-refractivity contribution in [2.75, 3.05) is 0 Å². The highest BCUT2D eigenvalue weighted by molar-refractivity contribution is 6.74. The summed E-state index contributed by atoms with van der Waals surface area (Å²) in [7, 11) is -3.76. The lowest BCUT2D eigenvalue weighted by atomic mass is 10.2. The van der Waals surface area contributed by atoms with E-state index in [2.05, 4.69) is 73.8 Å². The smallest absolute Gasteiger partial charge is 0.249 e. The van der Waals surface area contributed by atoms with Crippen LogP contribution in [0.3, 0.4) is 0 Å². The topological polar surface area (TPSA) is 42.2 Å². The van der Waals surface area contributed by atoms with Gasteiger partial charge in [-0.05, 0) is 42.3 Å². The highest BCUT2D eigenvalue weighted by atomic mass is 28.4. The molecule has 122 valence electrons. The van der Waals surface area contributed by atoms with Crippen molar-refractivity contribution in [3.05, 3.63) is 12.3 Å². The molecule has 0 N–H and O–H groups in total. The molecule has 0 aromatic heterocycles. The minimum Gasteiger partial charge on any atom is -0.549 e. The van der Waals surface area contributed by atoms with Gasteiger partial charge < -0.3 is 8.85 Å². The van der Waals surface area contributed by atoms with Crippen LogP contribution in [0.2, 0.25) is 36.3 Å². The van der Waals surface area contributed by atoms with E-state index in [-0.39, 0.29) is 10.1 Å². The molecule has 5 heteroatoms. The summed E-state index contributed by atoms with van der Waals surface area (Å²) in [5.74, 6) is 0. The average Bonchev–Trinajstić information content (AvgIpc) is 2.24. The summed E-state index contributed by atoms with van der Waals surface area (Å²) < 4.78 is 12.0. The van der Waals surface area contributed by atoms with Crippen molar-refractivity contribution in [1.29, 1.82) is 5.26 Å². The molecule has 0 bridgehead atoms. The maximum Gasteiger partial charge on any atom is 0.249 e. The van der Waals surface area contributed by atoms with Crippen LogP contribution in [-0.2, 0) is 8.85 Å². The quantitative estimate of drug-likeness (QED) is 0.499. The maximum absolute atomic E-state index is 9.30. The van der Waals surface area contributed by atoms with Gasteiger partial charge in [0.05, 0.1) is 12.3 Å². The molecular formula is C16H33NO2Si2. The first-order valence-corrected chi connectivity index (χ1v) is 13.4. The van der Waals surface area contributed by atoms with Crippen molar-refractivity contribution in [2.45, 2.75) is 83.9 Å². The fourth-order valence-electron chi connectivity index (χ4n) is 1.06. The van der Waals surface area contributed by atoms with Crippen LogP contribution in [0.25, 0.3) is 0 Å². The van der Waals surface area contributed by atoms with Crippen LogP contribution >= 0.6 is 0 Å². The molecule has 0 heterocycles. The van der Waals surface area contributed by atoms with Crippen LogP contribution < -0.4 is 0 Å². The lowest BCUT2D eigenvalue weighted by molar-refractivity contribution is 0.269. The summed E-state index contributed by atoms with van der Waals surface area (Å²) in [6.07, 6.45) is 2.90. The number of nitrogens with zero attached hydrogens (tertiary/aromatic N) is 1. The Morgan fingerprint density at radius 3 is 1.67 bits per heavy atom. The highest BCUT2D eigenvalue weighted by Crippen LogP contribution is 2.38. The van der Waals surface area contributed by atoms with Gasteiger partial charge in [0.1, 0.15) is 0 Å². The second-order valence-corrected chi connectivity index (χ2v) is 18.1. The standard InChI is InChI=1S/C16H33NO2Si2/c1-15(2,3)20(7,8)18-12-11-14(13-17)19-21(9,10)16(4,5)6/h11-12,14H,1-10H3. The largest absolute Gasteiger partial charge is 0.549 e. The second kappa shape index (κ2) is 6.68. The van der Waals surface area contributed by atoms with Crippen molar-refractivity contribution < 1.29 is 8.85 Å². The molecule has 0 saturated carbocycles. The van der Waals surface area contributed by atoms with E-state index >= 15 is 0 Å². The summed E-state index contributed by atoms with van der Waals surface area (Å²) in [5.41, 5.74) is 0. The van der Waals surface area contributed by atoms with Crippen molar-refractivity contribution in [3.63, 3.8) is 0 Å². The van der Waals surface area contributed by atoms with Crippen LogP contribution in [0.4, 0.5) is 0 Å². The van der Waals surface area contributed by atoms with Crippen molar-refractivity contribution in [3.8, 4) is 6.07 Å². The molecule has 0 fully saturated rings. The van der Waals surface area contributed by atoms with Crippen molar-refractivity contribution in [1.82, 2.24) is 0 Å². The zero-order chi connectivity index (χ0) is 17.1. The van der Waals surface area contributed by atoms with Gasteiger partial charge in [0.25, 0.3) is 0 Å². The van der Waals surface area contributed by atoms with Crippen molar-refractivity contribution >= 4 is 16.6 Å². The van der Waals surface area contributed by atoms with Crippen molar-refractivity contribution in [2.24, 2.45) is 0 Å². The molecule has 0 radical (unpaired) electrons. The summed E-state index contributed by atoms with van der Waals surface area (Å²) in [6, 6.07) is 2.22. The van der Waals surface area contributed by atoms with E-state index < -0.39 is 22.7 Å². The van der Waals surface area contributed by atoms with E-state index in [0.29, 0.717) is 0 Å². The predicted molar refractivity (Wildman–Crippen MR) is 95.1 cm³/mol. The van der Waals surface area contributed by atoms with Gasteiger partial charge in [-0.15, -0.1) is 0 Å². The van der Waals surface area contributed by atoms with Gasteiger partial charge in [0.2, 0.25) is 8.32 Å². The molecule has 0 spiro atoms. The lowest BCUT2D eigenvalue weighted by Gasteiger charge is -2.37. The predicted octanol–water partition coefficient (Wildman–Crippen LogP) is 5.44. The Labute approximate surface area is 133 Å². The molecule has 0 aliphatic heterocycles. The van der Waals surface area contributed by atoms with Gasteiger partial charge in [0, 0.05) is 0 Å². The fraction of sp³-hybridized carbons (Fsp3) is 0.812. The van der Waals surface area contributed by atoms with Crippen LogP contribution in [-0.4, -0.2) is 22.7 Å². The minimum atomic E-state index is -1.94. The molecule has 0 rings (SSSR count). The first kappa shape index (κ1) is 20.4. The minimum absolute atomic E-state index is 0.0935. The Balaban J connectivity index is 4.83. The van der Waals surface area contributed by atoms with E-state index in [1.165, 1.54) is 0 Å². The third kappa shape index (κ3) is 5.97. The summed E-state index contributed by atoms with van der Waals surface area (Å²) >= 11 is 0. The van der Waals surface area contributed by atoms with Gasteiger partial charge >= 0.3 is 0 Å². The Kier molecular flexibility index (Phi) is 6.49. The molecule has 0 aliphatic carbocycles. The molecule has 1 unspecified atom stereocenters. The summed E-state index contributed by atoms with van der Waals surface area (Å²) in [5, 5.41) is 9.54. The molecule has 0 aromatic carbocycles. The number of rotatable bonds is 5. The molecule has 0 amide bonds.